The Morgan fingerprint density at radius 2 is 1.51 bits per heavy atom. The molecule has 0 bridgehead atoms. The van der Waals surface area contributed by atoms with E-state index in [0.29, 0.717) is 17.4 Å². The molecule has 4 aromatic carbocycles. The molecular weight excluding hydrogens is 808 g/mol. The number of rotatable bonds is 6. The third kappa shape index (κ3) is 6.94. The molecule has 3 aromatic heterocycles. The molecule has 0 N–H and O–H groups in total. The number of pyridine rings is 1. The summed E-state index contributed by atoms with van der Waals surface area (Å²) in [7, 11) is 0. The zero-order valence-corrected chi connectivity index (χ0v) is 33.5. The number of ether oxygens (including phenoxy) is 1. The summed E-state index contributed by atoms with van der Waals surface area (Å²) in [6.45, 7) is 22.2. The smallest absolute Gasteiger partial charge is 0.509 e. The van der Waals surface area contributed by atoms with Gasteiger partial charge in [0, 0.05) is 34.5 Å². The Hall–Kier alpha value is -4.47. The van der Waals surface area contributed by atoms with Crippen molar-refractivity contribution < 1.29 is 25.8 Å². The minimum atomic E-state index is -0.0181. The number of fused-ring (bicyclic) bond motifs is 3. The maximum atomic E-state index is 6.58. The van der Waals surface area contributed by atoms with E-state index in [1.807, 2.05) is 29.1 Å². The van der Waals surface area contributed by atoms with Crippen molar-refractivity contribution in [1.82, 2.24) is 19.3 Å². The average Bonchev–Trinajstić information content (AvgIpc) is 3.55. The fourth-order valence-electron chi connectivity index (χ4n) is 6.87. The van der Waals surface area contributed by atoms with Crippen molar-refractivity contribution in [2.45, 2.75) is 80.6 Å². The van der Waals surface area contributed by atoms with Crippen molar-refractivity contribution in [3.63, 3.8) is 0 Å². The molecule has 0 fully saturated rings. The van der Waals surface area contributed by atoms with E-state index in [-0.39, 0.29) is 31.9 Å². The van der Waals surface area contributed by atoms with Crippen LogP contribution in [-0.4, -0.2) is 19.3 Å². The summed E-state index contributed by atoms with van der Waals surface area (Å²) in [5.74, 6) is 2.48. The van der Waals surface area contributed by atoms with Gasteiger partial charge >= 0.3 is 21.1 Å². The Labute approximate surface area is 317 Å². The zero-order chi connectivity index (χ0) is 35.5. The maximum Gasteiger partial charge on any atom is 2.00 e. The maximum absolute atomic E-state index is 6.58. The molecule has 3 heterocycles. The van der Waals surface area contributed by atoms with Crippen LogP contribution in [0.15, 0.2) is 91.1 Å². The molecule has 7 rings (SSSR count). The second kappa shape index (κ2) is 13.6. The van der Waals surface area contributed by atoms with Crippen LogP contribution in [0.5, 0.6) is 11.5 Å². The van der Waals surface area contributed by atoms with Gasteiger partial charge in [0.1, 0.15) is 5.82 Å². The summed E-state index contributed by atoms with van der Waals surface area (Å²) in [5, 5.41) is 7.22. The molecule has 5 nitrogen and oxygen atoms in total. The van der Waals surface area contributed by atoms with Gasteiger partial charge in [0.2, 0.25) is 0 Å². The monoisotopic (exact) mass is 853 g/mol. The predicted molar refractivity (Wildman–Crippen MR) is 206 cm³/mol. The molecule has 0 saturated heterocycles. The van der Waals surface area contributed by atoms with Gasteiger partial charge in [-0.15, -0.1) is 35.7 Å². The Morgan fingerprint density at radius 3 is 2.22 bits per heavy atom. The van der Waals surface area contributed by atoms with E-state index >= 15 is 0 Å². The number of nitrogens with zero attached hydrogens (tertiary/aromatic N) is 4. The Bertz CT molecular complexity index is 2370. The van der Waals surface area contributed by atoms with Gasteiger partial charge in [0.05, 0.1) is 5.69 Å². The van der Waals surface area contributed by atoms with Crippen LogP contribution in [0, 0.1) is 38.3 Å². The minimum absolute atomic E-state index is 0. The summed E-state index contributed by atoms with van der Waals surface area (Å²) < 4.78 is 10.8. The van der Waals surface area contributed by atoms with E-state index < -0.39 is 0 Å². The first-order valence-corrected chi connectivity index (χ1v) is 17.5. The molecule has 7 aromatic rings. The van der Waals surface area contributed by atoms with Gasteiger partial charge in [-0.3, -0.25) is 4.68 Å². The van der Waals surface area contributed by atoms with E-state index in [1.165, 1.54) is 16.5 Å². The molecule has 6 heteroatoms. The third-order valence-corrected chi connectivity index (χ3v) is 10.1. The Morgan fingerprint density at radius 1 is 0.765 bits per heavy atom. The van der Waals surface area contributed by atoms with Crippen LogP contribution in [0.4, 0.5) is 0 Å². The van der Waals surface area contributed by atoms with Crippen molar-refractivity contribution in [3.8, 4) is 34.1 Å². The number of hydrogen-bond donors (Lipinski definition) is 0. The van der Waals surface area contributed by atoms with E-state index in [4.69, 9.17) is 14.8 Å². The van der Waals surface area contributed by atoms with E-state index in [1.54, 1.807) is 0 Å². The van der Waals surface area contributed by atoms with Crippen molar-refractivity contribution in [1.29, 1.82) is 0 Å². The van der Waals surface area contributed by atoms with Gasteiger partial charge in [-0.05, 0) is 76.6 Å². The van der Waals surface area contributed by atoms with Gasteiger partial charge in [0.15, 0.2) is 0 Å². The minimum Gasteiger partial charge on any atom is -0.509 e. The molecule has 1 atom stereocenters. The van der Waals surface area contributed by atoms with E-state index in [0.717, 1.165) is 56.0 Å². The van der Waals surface area contributed by atoms with Gasteiger partial charge in [-0.25, -0.2) is 4.98 Å². The molecular formula is C45H46N4OPt. The summed E-state index contributed by atoms with van der Waals surface area (Å²) in [5.41, 5.74) is 10.9. The Balaban J connectivity index is 0.00000448. The molecule has 1 unspecified atom stereocenters. The first kappa shape index (κ1) is 36.3. The van der Waals surface area contributed by atoms with Crippen LogP contribution < -0.4 is 4.74 Å². The van der Waals surface area contributed by atoms with Crippen LogP contribution in [0.25, 0.3) is 44.4 Å². The molecule has 0 radical (unpaired) electrons. The van der Waals surface area contributed by atoms with Crippen molar-refractivity contribution in [3.05, 3.63) is 131 Å². The van der Waals surface area contributed by atoms with Crippen molar-refractivity contribution in [2.75, 3.05) is 0 Å². The summed E-state index contributed by atoms with van der Waals surface area (Å²) in [6.07, 6.45) is 1.91. The standard InChI is InChI=1S/C45H46N4O.Pt/c1-28-22-35(49-31(4)43(30(3)47-49)32-14-12-11-13-15-32)26-37(23-28)50-36-17-18-38-39-24-33(29(2)44(5,6)7)16-19-40(39)48(41(38)27-36)42-25-34(20-21-46-42)45(8,9)10;/h11-25,29H,1-10H3;/q-2;+2. The number of benzene rings is 4. The van der Waals surface area contributed by atoms with Gasteiger partial charge in [0.25, 0.3) is 0 Å². The topological polar surface area (TPSA) is 44.9 Å². The first-order chi connectivity index (χ1) is 23.7. The average molecular weight is 854 g/mol. The number of aromatic nitrogens is 4. The van der Waals surface area contributed by atoms with Crippen LogP contribution in [0.3, 0.4) is 0 Å². The van der Waals surface area contributed by atoms with Crippen molar-refractivity contribution >= 4 is 21.8 Å². The van der Waals surface area contributed by atoms with Crippen LogP contribution >= 0.6 is 0 Å². The predicted octanol–water partition coefficient (Wildman–Crippen LogP) is 11.8. The SMILES string of the molecule is Cc1cc(Oc2[c-]c3c(cc2)c2cc(C(C)C(C)(C)C)ccc2n3-c2cc(C(C)(C)C)ccn2)[c-]c(-n2nc(C)c(-c3ccccc3)c2C)c1.[Pt+2]. The van der Waals surface area contributed by atoms with Gasteiger partial charge in [-0.1, -0.05) is 103 Å². The third-order valence-electron chi connectivity index (χ3n) is 10.1. The molecule has 0 spiro atoms. The fraction of sp³-hybridized carbons (Fsp3) is 0.289. The van der Waals surface area contributed by atoms with Crippen molar-refractivity contribution in [2.24, 2.45) is 5.41 Å². The molecule has 0 saturated carbocycles. The van der Waals surface area contributed by atoms with E-state index in [2.05, 4.69) is 153 Å². The Kier molecular flexibility index (Phi) is 9.67. The second-order valence-electron chi connectivity index (χ2n) is 15.8. The van der Waals surface area contributed by atoms with Gasteiger partial charge < -0.3 is 9.30 Å². The molecule has 51 heavy (non-hydrogen) atoms. The number of aryl methyl sites for hydroxylation is 2. The largest absolute Gasteiger partial charge is 2.00 e. The van der Waals surface area contributed by atoms with Gasteiger partial charge in [-0.2, -0.15) is 16.7 Å². The second-order valence-corrected chi connectivity index (χ2v) is 15.8. The molecule has 0 aliphatic rings. The summed E-state index contributed by atoms with van der Waals surface area (Å²) in [6, 6.07) is 37.0. The quantitative estimate of drug-likeness (QED) is 0.157. The summed E-state index contributed by atoms with van der Waals surface area (Å²) in [4.78, 5) is 4.89. The first-order valence-electron chi connectivity index (χ1n) is 17.5. The molecule has 0 amide bonds. The molecule has 262 valence electrons. The number of hydrogen-bond acceptors (Lipinski definition) is 3. The molecule has 0 aliphatic carbocycles. The van der Waals surface area contributed by atoms with Crippen LogP contribution in [-0.2, 0) is 26.5 Å². The van der Waals surface area contributed by atoms with Crippen LogP contribution in [0.2, 0.25) is 0 Å². The molecule has 0 aliphatic heterocycles. The van der Waals surface area contributed by atoms with E-state index in [9.17, 15) is 0 Å². The fourth-order valence-corrected chi connectivity index (χ4v) is 6.87. The normalized spacial score (nSPS) is 12.7. The summed E-state index contributed by atoms with van der Waals surface area (Å²) >= 11 is 0. The zero-order valence-electron chi connectivity index (χ0n) is 31.3. The van der Waals surface area contributed by atoms with Crippen LogP contribution in [0.1, 0.15) is 82.5 Å².